The van der Waals surface area contributed by atoms with E-state index in [1.165, 1.54) is 6.07 Å². The van der Waals surface area contributed by atoms with E-state index in [4.69, 9.17) is 11.6 Å². The second kappa shape index (κ2) is 8.16. The zero-order chi connectivity index (χ0) is 20.5. The molecule has 2 fully saturated rings. The van der Waals surface area contributed by atoms with Crippen LogP contribution in [0.1, 0.15) is 24.8 Å². The van der Waals surface area contributed by atoms with Gasteiger partial charge >= 0.3 is 12.1 Å². The summed E-state index contributed by atoms with van der Waals surface area (Å²) in [5.74, 6) is -1.91. The van der Waals surface area contributed by atoms with Crippen LogP contribution in [0.3, 0.4) is 0 Å². The second-order valence-corrected chi connectivity index (χ2v) is 7.54. The number of carbonyl (C=O) groups excluding carboxylic acids is 1. The number of likely N-dealkylation sites (tertiary alicyclic amines) is 1. The third kappa shape index (κ3) is 4.52. The number of carbonyl (C=O) groups is 2. The van der Waals surface area contributed by atoms with Crippen LogP contribution in [0.25, 0.3) is 0 Å². The molecule has 1 aromatic carbocycles. The Hall–Kier alpha value is -2.00. The Morgan fingerprint density at radius 2 is 2.04 bits per heavy atom. The fraction of sp³-hybridized carbons (Fsp3) is 0.556. The molecule has 2 aliphatic heterocycles. The van der Waals surface area contributed by atoms with Gasteiger partial charge in [-0.1, -0.05) is 11.6 Å². The van der Waals surface area contributed by atoms with Crippen molar-refractivity contribution in [1.82, 2.24) is 10.2 Å². The van der Waals surface area contributed by atoms with E-state index < -0.39 is 35.7 Å². The maximum atomic E-state index is 13.0. The number of aliphatic carboxylic acids is 1. The van der Waals surface area contributed by atoms with Crippen molar-refractivity contribution in [2.45, 2.75) is 37.5 Å². The number of rotatable bonds is 4. The first-order valence-corrected chi connectivity index (χ1v) is 9.43. The van der Waals surface area contributed by atoms with E-state index in [2.05, 4.69) is 10.6 Å². The summed E-state index contributed by atoms with van der Waals surface area (Å²) < 4.78 is 39.0. The predicted molar refractivity (Wildman–Crippen MR) is 97.2 cm³/mol. The summed E-state index contributed by atoms with van der Waals surface area (Å²) in [4.78, 5) is 26.0. The smallest absolute Gasteiger partial charge is 0.416 e. The Morgan fingerprint density at radius 1 is 1.29 bits per heavy atom. The molecule has 2 saturated heterocycles. The molecule has 3 atom stereocenters. The minimum atomic E-state index is -4.55. The molecule has 1 amide bonds. The molecule has 3 N–H and O–H groups in total. The molecular weight excluding hydrogens is 399 g/mol. The molecule has 2 heterocycles. The average molecular weight is 420 g/mol. The van der Waals surface area contributed by atoms with Crippen molar-refractivity contribution in [3.8, 4) is 0 Å². The number of halogens is 4. The highest BCUT2D eigenvalue weighted by atomic mass is 35.5. The van der Waals surface area contributed by atoms with Gasteiger partial charge in [-0.3, -0.25) is 9.59 Å². The lowest BCUT2D eigenvalue weighted by Gasteiger charge is -2.42. The Morgan fingerprint density at radius 3 is 2.71 bits per heavy atom. The third-order valence-corrected chi connectivity index (χ3v) is 5.42. The molecule has 2 aliphatic rings. The number of piperidine rings is 2. The molecular formula is C18H21ClF3N3O3. The molecule has 0 saturated carbocycles. The number of alkyl halides is 3. The fourth-order valence-electron chi connectivity index (χ4n) is 3.86. The summed E-state index contributed by atoms with van der Waals surface area (Å²) in [6, 6.07) is 1.87. The number of benzene rings is 1. The molecule has 6 nitrogen and oxygen atoms in total. The number of anilines is 1. The van der Waals surface area contributed by atoms with Crippen LogP contribution >= 0.6 is 11.6 Å². The Kier molecular flexibility index (Phi) is 6.04. The number of hydrogen-bond donors (Lipinski definition) is 3. The maximum absolute atomic E-state index is 13.0. The van der Waals surface area contributed by atoms with Gasteiger partial charge in [0, 0.05) is 23.8 Å². The minimum Gasteiger partial charge on any atom is -0.481 e. The molecule has 154 valence electrons. The molecule has 1 aromatic rings. The van der Waals surface area contributed by atoms with Gasteiger partial charge in [0.25, 0.3) is 0 Å². The summed E-state index contributed by atoms with van der Waals surface area (Å²) in [7, 11) is 0. The van der Waals surface area contributed by atoms with Crippen LogP contribution in [0.2, 0.25) is 5.02 Å². The van der Waals surface area contributed by atoms with Crippen molar-refractivity contribution in [2.75, 3.05) is 25.0 Å². The van der Waals surface area contributed by atoms with E-state index in [0.29, 0.717) is 38.9 Å². The summed E-state index contributed by atoms with van der Waals surface area (Å²) >= 11 is 5.81. The first-order valence-electron chi connectivity index (χ1n) is 9.05. The third-order valence-electron chi connectivity index (χ3n) is 5.21. The van der Waals surface area contributed by atoms with E-state index >= 15 is 0 Å². The maximum Gasteiger partial charge on any atom is 0.416 e. The largest absolute Gasteiger partial charge is 0.481 e. The number of amides is 1. The number of carboxylic acid groups (broad SMARTS) is 1. The standard InChI is InChI=1S/C18H21ClF3N3O3/c19-11-6-10(18(20,21)22)7-12(8-11)24-14-2-1-5-25(16(14)26)15-9-23-4-3-13(15)17(27)28/h6-8,13-15,23-24H,1-5,9H2,(H,27,28)/t13?,14?,15-/m0/s1. The van der Waals surface area contributed by atoms with E-state index in [0.717, 1.165) is 12.1 Å². The van der Waals surface area contributed by atoms with Gasteiger partial charge in [-0.15, -0.1) is 0 Å². The summed E-state index contributed by atoms with van der Waals surface area (Å²) in [6.45, 7) is 1.38. The zero-order valence-electron chi connectivity index (χ0n) is 14.9. The van der Waals surface area contributed by atoms with Crippen LogP contribution in [0.5, 0.6) is 0 Å². The minimum absolute atomic E-state index is 0.0835. The SMILES string of the molecule is O=C(O)C1CCNC[C@@H]1N1CCCC(Nc2cc(Cl)cc(C(F)(F)F)c2)C1=O. The van der Waals surface area contributed by atoms with Gasteiger partial charge in [-0.2, -0.15) is 13.2 Å². The lowest BCUT2D eigenvalue weighted by Crippen LogP contribution is -2.60. The topological polar surface area (TPSA) is 81.7 Å². The van der Waals surface area contributed by atoms with Gasteiger partial charge in [0.2, 0.25) is 5.91 Å². The quantitative estimate of drug-likeness (QED) is 0.699. The van der Waals surface area contributed by atoms with Crippen molar-refractivity contribution in [1.29, 1.82) is 0 Å². The number of hydrogen-bond acceptors (Lipinski definition) is 4. The molecule has 3 rings (SSSR count). The molecule has 0 aliphatic carbocycles. The molecule has 0 radical (unpaired) electrons. The summed E-state index contributed by atoms with van der Waals surface area (Å²) in [5, 5.41) is 15.3. The van der Waals surface area contributed by atoms with Crippen LogP contribution in [0.4, 0.5) is 18.9 Å². The molecule has 2 unspecified atom stereocenters. The molecule has 28 heavy (non-hydrogen) atoms. The molecule has 10 heteroatoms. The lowest BCUT2D eigenvalue weighted by molar-refractivity contribution is -0.149. The highest BCUT2D eigenvalue weighted by Crippen LogP contribution is 2.34. The van der Waals surface area contributed by atoms with Crippen molar-refractivity contribution in [3.05, 3.63) is 28.8 Å². The van der Waals surface area contributed by atoms with Crippen LogP contribution in [-0.4, -0.2) is 53.6 Å². The van der Waals surface area contributed by atoms with E-state index in [1.54, 1.807) is 4.90 Å². The van der Waals surface area contributed by atoms with E-state index in [-0.39, 0.29) is 16.6 Å². The van der Waals surface area contributed by atoms with Gasteiger partial charge < -0.3 is 20.6 Å². The van der Waals surface area contributed by atoms with Gasteiger partial charge in [-0.25, -0.2) is 0 Å². The van der Waals surface area contributed by atoms with Crippen LogP contribution < -0.4 is 10.6 Å². The molecule has 0 aromatic heterocycles. The number of nitrogens with zero attached hydrogens (tertiary/aromatic N) is 1. The average Bonchev–Trinajstić information content (AvgIpc) is 2.62. The lowest BCUT2D eigenvalue weighted by atomic mass is 9.89. The normalized spacial score (nSPS) is 26.2. The van der Waals surface area contributed by atoms with Crippen LogP contribution in [0.15, 0.2) is 18.2 Å². The van der Waals surface area contributed by atoms with Crippen molar-refractivity contribution >= 4 is 29.2 Å². The van der Waals surface area contributed by atoms with Crippen molar-refractivity contribution in [3.63, 3.8) is 0 Å². The monoisotopic (exact) mass is 419 g/mol. The van der Waals surface area contributed by atoms with Gasteiger partial charge in [0.15, 0.2) is 0 Å². The van der Waals surface area contributed by atoms with Crippen molar-refractivity contribution < 1.29 is 27.9 Å². The molecule has 0 spiro atoms. The van der Waals surface area contributed by atoms with Crippen LogP contribution in [-0.2, 0) is 15.8 Å². The Balaban J connectivity index is 1.78. The number of carboxylic acids is 1. The van der Waals surface area contributed by atoms with Crippen LogP contribution in [0, 0.1) is 5.92 Å². The highest BCUT2D eigenvalue weighted by molar-refractivity contribution is 6.31. The highest BCUT2D eigenvalue weighted by Gasteiger charge is 2.41. The summed E-state index contributed by atoms with van der Waals surface area (Å²) in [5.41, 5.74) is -0.790. The van der Waals surface area contributed by atoms with Gasteiger partial charge in [-0.05, 0) is 44.0 Å². The summed E-state index contributed by atoms with van der Waals surface area (Å²) in [6.07, 6.45) is -3.06. The second-order valence-electron chi connectivity index (χ2n) is 7.10. The first kappa shape index (κ1) is 20.7. The fourth-order valence-corrected chi connectivity index (χ4v) is 4.09. The zero-order valence-corrected chi connectivity index (χ0v) is 15.7. The van der Waals surface area contributed by atoms with E-state index in [1.807, 2.05) is 0 Å². The number of nitrogens with one attached hydrogen (secondary N) is 2. The van der Waals surface area contributed by atoms with Gasteiger partial charge in [0.1, 0.15) is 6.04 Å². The molecule has 0 bridgehead atoms. The van der Waals surface area contributed by atoms with Gasteiger partial charge in [0.05, 0.1) is 17.5 Å². The van der Waals surface area contributed by atoms with Crippen molar-refractivity contribution in [2.24, 2.45) is 5.92 Å². The first-order chi connectivity index (χ1) is 13.2. The van der Waals surface area contributed by atoms with E-state index in [9.17, 15) is 27.9 Å². The predicted octanol–water partition coefficient (Wildman–Crippen LogP) is 2.82. The Labute approximate surface area is 165 Å². The Bertz CT molecular complexity index is 759.